The Balaban J connectivity index is 0. The third-order valence-corrected chi connectivity index (χ3v) is 0.337. The zero-order chi connectivity index (χ0) is 4.28. The van der Waals surface area contributed by atoms with Crippen LogP contribution in [0.3, 0.4) is 0 Å². The summed E-state index contributed by atoms with van der Waals surface area (Å²) in [5.74, 6) is 0. The second-order valence-electron chi connectivity index (χ2n) is 0.471. The first-order valence-corrected chi connectivity index (χ1v) is 1.52. The third-order valence-electron chi connectivity index (χ3n) is 0.145. The van der Waals surface area contributed by atoms with Crippen molar-refractivity contribution in [1.29, 1.82) is 0 Å². The molecule has 0 saturated heterocycles. The summed E-state index contributed by atoms with van der Waals surface area (Å²) in [5.41, 5.74) is 0. The van der Waals surface area contributed by atoms with Crippen LogP contribution < -0.4 is 0 Å². The molecule has 0 aliphatic rings. The first-order valence-electron chi connectivity index (χ1n) is 1.05. The van der Waals surface area contributed by atoms with Crippen molar-refractivity contribution < 1.29 is 43.2 Å². The van der Waals surface area contributed by atoms with Gasteiger partial charge in [-0.3, -0.25) is 0 Å². The largest absolute Gasteiger partial charge is 0 e. The standard InChI is InChI=1S/C3H3O.Ag.Cu/c1-2-3-4;;/h2H,1H2;;. The van der Waals surface area contributed by atoms with Crippen LogP contribution in [0.4, 0.5) is 0 Å². The van der Waals surface area contributed by atoms with Crippen molar-refractivity contribution in [3.05, 3.63) is 12.7 Å². The normalized spacial score (nSPS) is 5.67. The first kappa shape index (κ1) is 9.83. The second-order valence-corrected chi connectivity index (χ2v) is 0.935. The van der Waals surface area contributed by atoms with E-state index < -0.39 is 4.68 Å². The van der Waals surface area contributed by atoms with Crippen molar-refractivity contribution in [3.8, 4) is 0 Å². The van der Waals surface area contributed by atoms with E-state index in [1.165, 1.54) is 0 Å². The van der Waals surface area contributed by atoms with Gasteiger partial charge in [-0.2, -0.15) is 0 Å². The van der Waals surface area contributed by atoms with Crippen LogP contribution in [-0.2, 0) is 43.2 Å². The Morgan fingerprint density at radius 2 is 2.00 bits per heavy atom. The van der Waals surface area contributed by atoms with E-state index in [0.29, 0.717) is 0 Å². The van der Waals surface area contributed by atoms with Gasteiger partial charge in [0.1, 0.15) is 0 Å². The minimum absolute atomic E-state index is 0. The Labute approximate surface area is 60.5 Å². The zero-order valence-corrected chi connectivity index (χ0v) is 5.22. The minimum atomic E-state index is -0.419. The van der Waals surface area contributed by atoms with E-state index in [0.717, 1.165) is 6.08 Å². The molecule has 0 saturated carbocycles. The van der Waals surface area contributed by atoms with Gasteiger partial charge in [0.2, 0.25) is 0 Å². The van der Waals surface area contributed by atoms with Gasteiger partial charge < -0.3 is 0 Å². The molecule has 0 aliphatic carbocycles. The maximum atomic E-state index is 9.50. The van der Waals surface area contributed by atoms with Crippen LogP contribution in [0, 0.1) is 0 Å². The molecule has 0 unspecified atom stereocenters. The van der Waals surface area contributed by atoms with Gasteiger partial charge in [-0.25, -0.2) is 0 Å². The zero-order valence-electron chi connectivity index (χ0n) is 2.80. The number of hydrogen-bond donors (Lipinski definition) is 0. The Hall–Kier alpha value is 0.670. The van der Waals surface area contributed by atoms with Crippen LogP contribution in [0.15, 0.2) is 12.7 Å². The van der Waals surface area contributed by atoms with Gasteiger partial charge in [-0.1, -0.05) is 0 Å². The average Bonchev–Trinajstić information content (AvgIpc) is 1.38. The third kappa shape index (κ3) is 8.82. The van der Waals surface area contributed by atoms with Gasteiger partial charge in [0.05, 0.1) is 0 Å². The summed E-state index contributed by atoms with van der Waals surface area (Å²) in [6, 6.07) is 0. The average molecular weight is 226 g/mol. The topological polar surface area (TPSA) is 17.1 Å². The smallest absolute Gasteiger partial charge is 0 e. The van der Waals surface area contributed by atoms with Crippen molar-refractivity contribution in [3.63, 3.8) is 0 Å². The molecule has 0 spiro atoms. The number of allylic oxidation sites excluding steroid dienone is 1. The summed E-state index contributed by atoms with van der Waals surface area (Å²) < 4.78 is -0.419. The fourth-order valence-electron chi connectivity index (χ4n) is 0. The molecule has 3 heteroatoms. The number of carbonyl (C=O) groups is 1. The number of carbonyl (C=O) groups excluding carboxylic acids is 1. The summed E-state index contributed by atoms with van der Waals surface area (Å²) in [4.78, 5) is 9.50. The summed E-state index contributed by atoms with van der Waals surface area (Å²) in [5, 5.41) is 0. The quantitative estimate of drug-likeness (QED) is 0.463. The molecular weight excluding hydrogens is 223 g/mol. The molecule has 0 N–H and O–H groups in total. The molecule has 0 aromatic rings. The van der Waals surface area contributed by atoms with Crippen LogP contribution in [0.5, 0.6) is 0 Å². The molecule has 0 atom stereocenters. The van der Waals surface area contributed by atoms with E-state index >= 15 is 0 Å². The molecule has 0 aliphatic heterocycles. The summed E-state index contributed by atoms with van der Waals surface area (Å²) in [7, 11) is 0. The van der Waals surface area contributed by atoms with E-state index in [2.05, 4.69) is 22.6 Å². The fraction of sp³-hybridized carbons (Fsp3) is 0. The van der Waals surface area contributed by atoms with E-state index in [-0.39, 0.29) is 22.4 Å². The fourth-order valence-corrected chi connectivity index (χ4v) is 0. The van der Waals surface area contributed by atoms with E-state index in [4.69, 9.17) is 0 Å². The molecule has 0 bridgehead atoms. The van der Waals surface area contributed by atoms with Crippen molar-refractivity contribution >= 4 is 4.68 Å². The molecule has 0 aromatic heterocycles. The number of hydrogen-bond acceptors (Lipinski definition) is 1. The molecule has 0 fully saturated rings. The van der Waals surface area contributed by atoms with Crippen LogP contribution >= 0.6 is 0 Å². The first-order chi connectivity index (χ1) is 2.27. The maximum absolute atomic E-state index is 9.50. The van der Waals surface area contributed by atoms with Gasteiger partial charge in [0, 0.05) is 22.4 Å². The van der Waals surface area contributed by atoms with Gasteiger partial charge in [0.15, 0.2) is 0 Å². The van der Waals surface area contributed by atoms with Crippen LogP contribution in [0.1, 0.15) is 0 Å². The van der Waals surface area contributed by atoms with Gasteiger partial charge in [0.25, 0.3) is 0 Å². The number of rotatable bonds is 1. The molecule has 1 nitrogen and oxygen atoms in total. The summed E-state index contributed by atoms with van der Waals surface area (Å²) in [6.07, 6.45) is 1.08. The van der Waals surface area contributed by atoms with Crippen molar-refractivity contribution in [2.75, 3.05) is 0 Å². The minimum Gasteiger partial charge on any atom is 0 e. The molecule has 0 heterocycles. The predicted octanol–water partition coefficient (Wildman–Crippen LogP) is 0.243. The van der Waals surface area contributed by atoms with E-state index in [9.17, 15) is 4.79 Å². The van der Waals surface area contributed by atoms with Crippen LogP contribution in [-0.4, -0.2) is 4.68 Å². The Morgan fingerprint density at radius 1 is 1.83 bits per heavy atom. The monoisotopic (exact) mass is 225 g/mol. The van der Waals surface area contributed by atoms with Gasteiger partial charge >= 0.3 is 38.1 Å². The van der Waals surface area contributed by atoms with Crippen molar-refractivity contribution in [2.24, 2.45) is 0 Å². The molecular formula is C3H3AgCuO. The van der Waals surface area contributed by atoms with Crippen molar-refractivity contribution in [1.82, 2.24) is 0 Å². The van der Waals surface area contributed by atoms with E-state index in [1.807, 2.05) is 0 Å². The Morgan fingerprint density at radius 3 is 2.00 bits per heavy atom. The second kappa shape index (κ2) is 5.67. The molecule has 43 valence electrons. The Bertz CT molecular complexity index is 61.8. The van der Waals surface area contributed by atoms with Gasteiger partial charge in [-0.05, 0) is 0 Å². The molecule has 6 heavy (non-hydrogen) atoms. The summed E-state index contributed by atoms with van der Waals surface area (Å²) in [6.45, 7) is 3.10. The summed E-state index contributed by atoms with van der Waals surface area (Å²) >= 11 is 4.15. The predicted molar refractivity (Wildman–Crippen MR) is 15.2 cm³/mol. The van der Waals surface area contributed by atoms with Crippen molar-refractivity contribution in [2.45, 2.75) is 0 Å². The van der Waals surface area contributed by atoms with Crippen LogP contribution in [0.25, 0.3) is 0 Å². The van der Waals surface area contributed by atoms with Crippen LogP contribution in [0.2, 0.25) is 0 Å². The molecule has 0 rings (SSSR count). The van der Waals surface area contributed by atoms with E-state index in [1.54, 1.807) is 0 Å². The van der Waals surface area contributed by atoms with Gasteiger partial charge in [-0.15, -0.1) is 0 Å². The molecule has 0 amide bonds. The molecule has 0 aromatic carbocycles. The molecule has 1 radical (unpaired) electrons. The Kier molecular flexibility index (Phi) is 9.29. The SMILES string of the molecule is C=C[C](=O)[Cu].[Ag]. The maximum Gasteiger partial charge on any atom is 0 e.